The zero-order valence-corrected chi connectivity index (χ0v) is 9.73. The maximum absolute atomic E-state index is 10.7. The van der Waals surface area contributed by atoms with Crippen molar-refractivity contribution in [1.82, 2.24) is 0 Å². The molecular weight excluding hydrogens is 228 g/mol. The third-order valence-electron chi connectivity index (χ3n) is 3.91. The third-order valence-corrected chi connectivity index (χ3v) is 3.91. The molecule has 0 radical (unpaired) electrons. The Balaban J connectivity index is 2.91. The van der Waals surface area contributed by atoms with E-state index in [0.717, 1.165) is 0 Å². The van der Waals surface area contributed by atoms with Gasteiger partial charge in [0, 0.05) is 31.0 Å². The zero-order chi connectivity index (χ0) is 13.2. The molecule has 0 aromatic carbocycles. The minimum atomic E-state index is -1.05. The summed E-state index contributed by atoms with van der Waals surface area (Å²) in [5.41, 5.74) is 0. The van der Waals surface area contributed by atoms with Crippen molar-refractivity contribution in [3.05, 3.63) is 0 Å². The first kappa shape index (κ1) is 14.4. The molecule has 1 saturated carbocycles. The fourth-order valence-corrected chi connectivity index (χ4v) is 2.77. The lowest BCUT2D eigenvalue weighted by Gasteiger charge is -2.45. The number of carboxylic acids is 1. The number of hydrogen-bond acceptors (Lipinski definition) is 5. The molecule has 1 aliphatic carbocycles. The number of carbonyl (C=O) groups is 1. The molecule has 0 aromatic rings. The Bertz CT molecular complexity index is 269. The van der Waals surface area contributed by atoms with Gasteiger partial charge in [-0.05, 0) is 5.92 Å². The Morgan fingerprint density at radius 1 is 1.00 bits per heavy atom. The Morgan fingerprint density at radius 2 is 1.47 bits per heavy atom. The first-order chi connectivity index (χ1) is 7.93. The average molecular weight is 248 g/mol. The predicted octanol–water partition coefficient (Wildman–Crippen LogP) is -1.33. The molecule has 1 rings (SSSR count). The Hall–Kier alpha value is -0.690. The van der Waals surface area contributed by atoms with Gasteiger partial charge in [0.1, 0.15) is 0 Å². The van der Waals surface area contributed by atoms with Crippen LogP contribution in [0.2, 0.25) is 0 Å². The highest BCUT2D eigenvalue weighted by Gasteiger charge is 2.47. The summed E-state index contributed by atoms with van der Waals surface area (Å²) in [6.07, 6.45) is -2.19. The zero-order valence-electron chi connectivity index (χ0n) is 9.73. The van der Waals surface area contributed by atoms with E-state index in [1.165, 1.54) is 0 Å². The van der Waals surface area contributed by atoms with Gasteiger partial charge in [-0.1, -0.05) is 6.92 Å². The van der Waals surface area contributed by atoms with Crippen molar-refractivity contribution >= 4 is 5.97 Å². The van der Waals surface area contributed by atoms with Gasteiger partial charge in [0.05, 0.1) is 18.6 Å². The topological polar surface area (TPSA) is 118 Å². The first-order valence-corrected chi connectivity index (χ1v) is 5.73. The second-order valence-corrected chi connectivity index (χ2v) is 4.79. The van der Waals surface area contributed by atoms with Crippen LogP contribution < -0.4 is 0 Å². The molecule has 6 nitrogen and oxygen atoms in total. The van der Waals surface area contributed by atoms with Crippen molar-refractivity contribution in [3.8, 4) is 0 Å². The van der Waals surface area contributed by atoms with Crippen LogP contribution in [0.15, 0.2) is 0 Å². The molecule has 17 heavy (non-hydrogen) atoms. The molecule has 0 spiro atoms. The lowest BCUT2D eigenvalue weighted by Crippen LogP contribution is -2.54. The van der Waals surface area contributed by atoms with Crippen LogP contribution in [0.25, 0.3) is 0 Å². The molecule has 1 fully saturated rings. The summed E-state index contributed by atoms with van der Waals surface area (Å²) in [5, 5.41) is 47.1. The van der Waals surface area contributed by atoms with Crippen molar-refractivity contribution in [2.45, 2.75) is 25.6 Å². The number of rotatable bonds is 4. The van der Waals surface area contributed by atoms with Crippen molar-refractivity contribution in [2.75, 3.05) is 13.2 Å². The summed E-state index contributed by atoms with van der Waals surface area (Å²) >= 11 is 0. The average Bonchev–Trinajstić information content (AvgIpc) is 2.28. The highest BCUT2D eigenvalue weighted by atomic mass is 16.4. The van der Waals surface area contributed by atoms with E-state index in [0.29, 0.717) is 0 Å². The van der Waals surface area contributed by atoms with E-state index in [4.69, 9.17) is 10.2 Å². The lowest BCUT2D eigenvalue weighted by molar-refractivity contribution is -0.155. The van der Waals surface area contributed by atoms with E-state index in [2.05, 4.69) is 0 Å². The molecule has 5 N–H and O–H groups in total. The number of hydrogen-bond donors (Lipinski definition) is 5. The van der Waals surface area contributed by atoms with Gasteiger partial charge in [-0.15, -0.1) is 0 Å². The fraction of sp³-hybridized carbons (Fsp3) is 0.909. The second kappa shape index (κ2) is 5.77. The molecular formula is C11H20O6. The van der Waals surface area contributed by atoms with Gasteiger partial charge in [0.15, 0.2) is 0 Å². The van der Waals surface area contributed by atoms with E-state index in [1.807, 2.05) is 0 Å². The fourth-order valence-electron chi connectivity index (χ4n) is 2.77. The van der Waals surface area contributed by atoms with Crippen LogP contribution in [0.1, 0.15) is 13.3 Å². The molecule has 0 aliphatic heterocycles. The molecule has 6 heteroatoms. The van der Waals surface area contributed by atoms with Crippen molar-refractivity contribution < 1.29 is 30.3 Å². The summed E-state index contributed by atoms with van der Waals surface area (Å²) in [5.74, 6) is -3.39. The molecule has 0 amide bonds. The quantitative estimate of drug-likeness (QED) is 0.420. The Morgan fingerprint density at radius 3 is 1.88 bits per heavy atom. The second-order valence-electron chi connectivity index (χ2n) is 4.79. The number of aliphatic carboxylic acids is 1. The van der Waals surface area contributed by atoms with E-state index in [-0.39, 0.29) is 19.6 Å². The minimum Gasteiger partial charge on any atom is -0.481 e. The van der Waals surface area contributed by atoms with Crippen LogP contribution in [0.5, 0.6) is 0 Å². The van der Waals surface area contributed by atoms with E-state index in [9.17, 15) is 20.1 Å². The van der Waals surface area contributed by atoms with Gasteiger partial charge >= 0.3 is 5.97 Å². The lowest BCUT2D eigenvalue weighted by atomic mass is 9.64. The van der Waals surface area contributed by atoms with Gasteiger partial charge < -0.3 is 25.5 Å². The summed E-state index contributed by atoms with van der Waals surface area (Å²) < 4.78 is 0. The van der Waals surface area contributed by atoms with Crippen LogP contribution in [0.4, 0.5) is 0 Å². The first-order valence-electron chi connectivity index (χ1n) is 5.73. The molecule has 0 bridgehead atoms. The van der Waals surface area contributed by atoms with Crippen molar-refractivity contribution in [2.24, 2.45) is 23.7 Å². The molecule has 0 saturated heterocycles. The van der Waals surface area contributed by atoms with Crippen LogP contribution >= 0.6 is 0 Å². The Kier molecular flexibility index (Phi) is 4.88. The van der Waals surface area contributed by atoms with E-state index in [1.54, 1.807) is 6.92 Å². The van der Waals surface area contributed by atoms with Gasteiger partial charge in [-0.25, -0.2) is 0 Å². The van der Waals surface area contributed by atoms with Gasteiger partial charge in [-0.3, -0.25) is 4.79 Å². The van der Waals surface area contributed by atoms with Gasteiger partial charge in [0.2, 0.25) is 0 Å². The highest BCUT2D eigenvalue weighted by molar-refractivity contribution is 5.67. The highest BCUT2D eigenvalue weighted by Crippen LogP contribution is 2.39. The number of carboxylic acid groups (broad SMARTS) is 1. The summed E-state index contributed by atoms with van der Waals surface area (Å²) in [4.78, 5) is 10.7. The van der Waals surface area contributed by atoms with Crippen LogP contribution in [0, 0.1) is 23.7 Å². The van der Waals surface area contributed by atoms with Crippen LogP contribution in [-0.4, -0.2) is 56.9 Å². The summed E-state index contributed by atoms with van der Waals surface area (Å²) in [6, 6.07) is 0. The van der Waals surface area contributed by atoms with E-state index >= 15 is 0 Å². The third kappa shape index (κ3) is 2.77. The standard InChI is InChI=1S/C11H20O6/c1-5-6(2-9(14)15)11(17)8(4-13)7(3-12)10(5)16/h5-8,10-13,16-17H,2-4H2,1H3,(H,14,15). The molecule has 6 unspecified atom stereocenters. The van der Waals surface area contributed by atoms with Gasteiger partial charge in [-0.2, -0.15) is 0 Å². The molecule has 6 atom stereocenters. The summed E-state index contributed by atoms with van der Waals surface area (Å²) in [7, 11) is 0. The SMILES string of the molecule is CC1C(O)C(CO)C(CO)C(O)C1CC(=O)O. The molecule has 0 aromatic heterocycles. The molecule has 0 heterocycles. The van der Waals surface area contributed by atoms with Crippen LogP contribution in [-0.2, 0) is 4.79 Å². The molecule has 100 valence electrons. The normalized spacial score (nSPS) is 42.4. The number of aliphatic hydroxyl groups excluding tert-OH is 4. The minimum absolute atomic E-state index is 0.256. The van der Waals surface area contributed by atoms with E-state index < -0.39 is 41.8 Å². The van der Waals surface area contributed by atoms with Gasteiger partial charge in [0.25, 0.3) is 0 Å². The smallest absolute Gasteiger partial charge is 0.303 e. The van der Waals surface area contributed by atoms with Crippen molar-refractivity contribution in [1.29, 1.82) is 0 Å². The monoisotopic (exact) mass is 248 g/mol. The Labute approximate surface area is 99.5 Å². The largest absolute Gasteiger partial charge is 0.481 e. The molecule has 1 aliphatic rings. The van der Waals surface area contributed by atoms with Crippen LogP contribution in [0.3, 0.4) is 0 Å². The number of aliphatic hydroxyl groups is 4. The maximum atomic E-state index is 10.7. The van der Waals surface area contributed by atoms with Crippen molar-refractivity contribution in [3.63, 3.8) is 0 Å². The predicted molar refractivity (Wildman–Crippen MR) is 58.1 cm³/mol. The maximum Gasteiger partial charge on any atom is 0.303 e. The summed E-state index contributed by atoms with van der Waals surface area (Å²) in [6.45, 7) is 0.928.